The van der Waals surface area contributed by atoms with Gasteiger partial charge in [-0.2, -0.15) is 5.10 Å². The van der Waals surface area contributed by atoms with Crippen LogP contribution in [-0.2, 0) is 23.1 Å². The lowest BCUT2D eigenvalue weighted by atomic mass is 9.89. The van der Waals surface area contributed by atoms with Crippen LogP contribution in [0.4, 0.5) is 4.39 Å². The third-order valence-electron chi connectivity index (χ3n) is 5.25. The predicted octanol–water partition coefficient (Wildman–Crippen LogP) is 1.53. The number of hydrogen-bond donors (Lipinski definition) is 1. The number of halogens is 1. The summed E-state index contributed by atoms with van der Waals surface area (Å²) in [5.74, 6) is -1.25. The molecule has 1 saturated heterocycles. The third kappa shape index (κ3) is 3.61. The maximum absolute atomic E-state index is 13.0. The van der Waals surface area contributed by atoms with Gasteiger partial charge in [-0.05, 0) is 36.6 Å². The second-order valence-electron chi connectivity index (χ2n) is 6.85. The van der Waals surface area contributed by atoms with Crippen LogP contribution in [0.5, 0.6) is 0 Å². The fourth-order valence-corrected chi connectivity index (χ4v) is 3.55. The van der Waals surface area contributed by atoms with Crippen molar-refractivity contribution in [2.75, 3.05) is 13.1 Å². The summed E-state index contributed by atoms with van der Waals surface area (Å²) >= 11 is 0. The summed E-state index contributed by atoms with van der Waals surface area (Å²) in [4.78, 5) is 26.2. The van der Waals surface area contributed by atoms with Gasteiger partial charge < -0.3 is 10.6 Å². The maximum Gasteiger partial charge on any atom is 0.223 e. The highest BCUT2D eigenvalue weighted by Crippen LogP contribution is 2.34. The Morgan fingerprint density at radius 1 is 1.27 bits per heavy atom. The molecule has 2 heterocycles. The Balaban J connectivity index is 1.68. The highest BCUT2D eigenvalue weighted by molar-refractivity contribution is 5.82. The molecule has 1 aliphatic rings. The van der Waals surface area contributed by atoms with Crippen LogP contribution < -0.4 is 5.73 Å². The van der Waals surface area contributed by atoms with E-state index in [1.54, 1.807) is 27.9 Å². The second kappa shape index (κ2) is 7.27. The molecular formula is C19H23FN4O2. The summed E-state index contributed by atoms with van der Waals surface area (Å²) in [5.41, 5.74) is 8.43. The normalized spacial score (nSPS) is 19.7. The zero-order valence-electron chi connectivity index (χ0n) is 15.0. The molecule has 2 amide bonds. The summed E-state index contributed by atoms with van der Waals surface area (Å²) in [6.07, 6.45) is 2.60. The second-order valence-corrected chi connectivity index (χ2v) is 6.85. The number of hydrogen-bond acceptors (Lipinski definition) is 3. The summed E-state index contributed by atoms with van der Waals surface area (Å²) in [6, 6.07) is 6.14. The monoisotopic (exact) mass is 358 g/mol. The Morgan fingerprint density at radius 2 is 1.96 bits per heavy atom. The van der Waals surface area contributed by atoms with E-state index in [1.165, 1.54) is 12.1 Å². The largest absolute Gasteiger partial charge is 0.369 e. The van der Waals surface area contributed by atoms with Crippen molar-refractivity contribution in [3.8, 4) is 0 Å². The summed E-state index contributed by atoms with van der Waals surface area (Å²) < 4.78 is 14.7. The molecule has 0 saturated carbocycles. The number of nitrogens with zero attached hydrogens (tertiary/aromatic N) is 3. The predicted molar refractivity (Wildman–Crippen MR) is 94.7 cm³/mol. The van der Waals surface area contributed by atoms with Crippen LogP contribution in [0.15, 0.2) is 30.5 Å². The molecule has 3 rings (SSSR count). The molecule has 1 aromatic heterocycles. The van der Waals surface area contributed by atoms with Gasteiger partial charge in [0.25, 0.3) is 0 Å². The lowest BCUT2D eigenvalue weighted by Crippen LogP contribution is -2.32. The standard InChI is InChI=1S/C19H23FN4O2/c1-12-15(9-22-23(12)2)16-10-24(11-17(16)19(21)26)18(25)8-5-13-3-6-14(20)7-4-13/h3-4,6-7,9,16-17H,5,8,10-11H2,1-2H3,(H2,21,26)/t16-,17+/m1/s1. The minimum atomic E-state index is -0.410. The molecule has 2 N–H and O–H groups in total. The summed E-state index contributed by atoms with van der Waals surface area (Å²) in [5, 5.41) is 4.24. The van der Waals surface area contributed by atoms with Gasteiger partial charge in [0.15, 0.2) is 0 Å². The number of likely N-dealkylation sites (tertiary alicyclic amines) is 1. The molecule has 26 heavy (non-hydrogen) atoms. The van der Waals surface area contributed by atoms with E-state index in [0.717, 1.165) is 16.8 Å². The van der Waals surface area contributed by atoms with Gasteiger partial charge in [-0.1, -0.05) is 12.1 Å². The number of aromatic nitrogens is 2. The molecule has 0 spiro atoms. The van der Waals surface area contributed by atoms with Crippen LogP contribution in [0.3, 0.4) is 0 Å². The third-order valence-corrected chi connectivity index (χ3v) is 5.25. The first kappa shape index (κ1) is 18.1. The number of aryl methyl sites for hydroxylation is 2. The Labute approximate surface area is 151 Å². The van der Waals surface area contributed by atoms with Crippen molar-refractivity contribution in [2.45, 2.75) is 25.7 Å². The zero-order valence-corrected chi connectivity index (χ0v) is 15.0. The molecule has 2 atom stereocenters. The first-order valence-electron chi connectivity index (χ1n) is 8.67. The lowest BCUT2D eigenvalue weighted by Gasteiger charge is -2.16. The zero-order chi connectivity index (χ0) is 18.8. The SMILES string of the molecule is Cc1c([C@H]2CN(C(=O)CCc3ccc(F)cc3)C[C@@H]2C(N)=O)cnn1C. The minimum absolute atomic E-state index is 0.0235. The highest BCUT2D eigenvalue weighted by atomic mass is 19.1. The molecule has 138 valence electrons. The van der Waals surface area contributed by atoms with E-state index in [2.05, 4.69) is 5.10 Å². The van der Waals surface area contributed by atoms with Gasteiger partial charge in [0, 0.05) is 38.2 Å². The van der Waals surface area contributed by atoms with Crippen LogP contribution in [0.25, 0.3) is 0 Å². The van der Waals surface area contributed by atoms with Gasteiger partial charge in [-0.25, -0.2) is 4.39 Å². The average molecular weight is 358 g/mol. The first-order chi connectivity index (χ1) is 12.4. The smallest absolute Gasteiger partial charge is 0.223 e. The topological polar surface area (TPSA) is 81.2 Å². The lowest BCUT2D eigenvalue weighted by molar-refractivity contribution is -0.130. The van der Waals surface area contributed by atoms with Crippen molar-refractivity contribution < 1.29 is 14.0 Å². The molecule has 0 radical (unpaired) electrons. The molecule has 0 aliphatic carbocycles. The number of rotatable bonds is 5. The van der Waals surface area contributed by atoms with E-state index < -0.39 is 11.8 Å². The van der Waals surface area contributed by atoms with Crippen LogP contribution in [0.1, 0.15) is 29.2 Å². The number of carbonyl (C=O) groups is 2. The van der Waals surface area contributed by atoms with Gasteiger partial charge in [0.2, 0.25) is 11.8 Å². The van der Waals surface area contributed by atoms with E-state index in [9.17, 15) is 14.0 Å². The summed E-state index contributed by atoms with van der Waals surface area (Å²) in [7, 11) is 1.85. The number of benzene rings is 1. The number of amides is 2. The van der Waals surface area contributed by atoms with Crippen molar-refractivity contribution in [3.63, 3.8) is 0 Å². The molecule has 2 aromatic rings. The van der Waals surface area contributed by atoms with Gasteiger partial charge in [0.05, 0.1) is 12.1 Å². The highest BCUT2D eigenvalue weighted by Gasteiger charge is 2.40. The van der Waals surface area contributed by atoms with E-state index in [-0.39, 0.29) is 17.6 Å². The van der Waals surface area contributed by atoms with E-state index >= 15 is 0 Å². The average Bonchev–Trinajstić information content (AvgIpc) is 3.19. The minimum Gasteiger partial charge on any atom is -0.369 e. The van der Waals surface area contributed by atoms with E-state index in [4.69, 9.17) is 5.73 Å². The number of carbonyl (C=O) groups excluding carboxylic acids is 2. The molecule has 1 aromatic carbocycles. The number of primary amides is 1. The van der Waals surface area contributed by atoms with Crippen LogP contribution in [0.2, 0.25) is 0 Å². The molecular weight excluding hydrogens is 335 g/mol. The van der Waals surface area contributed by atoms with Crippen LogP contribution in [-0.4, -0.2) is 39.6 Å². The number of nitrogens with two attached hydrogens (primary N) is 1. The Morgan fingerprint density at radius 3 is 2.54 bits per heavy atom. The van der Waals surface area contributed by atoms with Crippen molar-refractivity contribution in [1.82, 2.24) is 14.7 Å². The van der Waals surface area contributed by atoms with E-state index in [0.29, 0.717) is 25.9 Å². The Hall–Kier alpha value is -2.70. The summed E-state index contributed by atoms with van der Waals surface area (Å²) in [6.45, 7) is 2.73. The molecule has 0 unspecified atom stereocenters. The fourth-order valence-electron chi connectivity index (χ4n) is 3.55. The van der Waals surface area contributed by atoms with Gasteiger partial charge in [0.1, 0.15) is 5.82 Å². The van der Waals surface area contributed by atoms with Crippen molar-refractivity contribution >= 4 is 11.8 Å². The molecule has 7 heteroatoms. The fraction of sp³-hybridized carbons (Fsp3) is 0.421. The molecule has 1 fully saturated rings. The van der Waals surface area contributed by atoms with Crippen LogP contribution in [0, 0.1) is 18.7 Å². The molecule has 6 nitrogen and oxygen atoms in total. The first-order valence-corrected chi connectivity index (χ1v) is 8.67. The van der Waals surface area contributed by atoms with Crippen molar-refractivity contribution in [3.05, 3.63) is 53.1 Å². The van der Waals surface area contributed by atoms with Crippen molar-refractivity contribution in [2.24, 2.45) is 18.7 Å². The van der Waals surface area contributed by atoms with Crippen molar-refractivity contribution in [1.29, 1.82) is 0 Å². The van der Waals surface area contributed by atoms with E-state index in [1.807, 2.05) is 14.0 Å². The van der Waals surface area contributed by atoms with Gasteiger partial charge >= 0.3 is 0 Å². The molecule has 1 aliphatic heterocycles. The maximum atomic E-state index is 13.0. The van der Waals surface area contributed by atoms with Gasteiger partial charge in [-0.15, -0.1) is 0 Å². The molecule has 0 bridgehead atoms. The van der Waals surface area contributed by atoms with Gasteiger partial charge in [-0.3, -0.25) is 14.3 Å². The Bertz CT molecular complexity index is 815. The quantitative estimate of drug-likeness (QED) is 0.880. The Kier molecular flexibility index (Phi) is 5.06. The van der Waals surface area contributed by atoms with Crippen LogP contribution >= 0.6 is 0 Å².